The summed E-state index contributed by atoms with van der Waals surface area (Å²) in [6.45, 7) is 7.41. The van der Waals surface area contributed by atoms with E-state index in [1.807, 2.05) is 20.8 Å². The highest BCUT2D eigenvalue weighted by molar-refractivity contribution is 7.90. The third-order valence-electron chi connectivity index (χ3n) is 2.29. The van der Waals surface area contributed by atoms with E-state index in [2.05, 4.69) is 17.4 Å². The van der Waals surface area contributed by atoms with Gasteiger partial charge in [-0.1, -0.05) is 6.07 Å². The molecule has 2 nitrogen and oxygen atoms in total. The van der Waals surface area contributed by atoms with Gasteiger partial charge in [-0.2, -0.15) is 0 Å². The van der Waals surface area contributed by atoms with Crippen molar-refractivity contribution in [2.45, 2.75) is 43.4 Å². The predicted molar refractivity (Wildman–Crippen MR) is 73.1 cm³/mol. The summed E-state index contributed by atoms with van der Waals surface area (Å²) in [6.07, 6.45) is 0. The van der Waals surface area contributed by atoms with Gasteiger partial charge in [0.05, 0.1) is 6.04 Å². The van der Waals surface area contributed by atoms with Gasteiger partial charge in [0, 0.05) is 21.8 Å². The Morgan fingerprint density at radius 3 is 2.47 bits per heavy atom. The summed E-state index contributed by atoms with van der Waals surface area (Å²) >= 11 is 2.85. The average molecular weight is 275 g/mol. The maximum atomic E-state index is 13.7. The van der Waals surface area contributed by atoms with Gasteiger partial charge in [0.15, 0.2) is 0 Å². The van der Waals surface area contributed by atoms with Crippen LogP contribution in [0, 0.1) is 5.82 Å². The van der Waals surface area contributed by atoms with E-state index in [1.54, 1.807) is 19.1 Å². The van der Waals surface area contributed by atoms with E-state index in [0.29, 0.717) is 10.5 Å². The van der Waals surface area contributed by atoms with Gasteiger partial charge in [-0.3, -0.25) is 0 Å². The molecule has 0 bridgehead atoms. The molecule has 0 aliphatic rings. The lowest BCUT2D eigenvalue weighted by molar-refractivity contribution is 0.522. The van der Waals surface area contributed by atoms with Gasteiger partial charge in [0.25, 0.3) is 0 Å². The van der Waals surface area contributed by atoms with Crippen molar-refractivity contribution in [3.63, 3.8) is 0 Å². The van der Waals surface area contributed by atoms with Crippen molar-refractivity contribution in [3.8, 4) is 0 Å². The highest BCUT2D eigenvalue weighted by atomic mass is 32.2. The van der Waals surface area contributed by atoms with Gasteiger partial charge in [-0.05, 0) is 39.8 Å². The number of nitrogens with one attached hydrogen (secondary N) is 1. The minimum atomic E-state index is -1.22. The van der Waals surface area contributed by atoms with Gasteiger partial charge < -0.3 is 4.55 Å². The Hall–Kier alpha value is -0.230. The molecule has 0 saturated carbocycles. The van der Waals surface area contributed by atoms with Crippen LogP contribution >= 0.6 is 12.6 Å². The lowest BCUT2D eigenvalue weighted by Crippen LogP contribution is -2.40. The second-order valence-corrected chi connectivity index (χ2v) is 7.44. The summed E-state index contributed by atoms with van der Waals surface area (Å²) in [7, 11) is 0. The molecule has 0 aliphatic heterocycles. The fraction of sp³-hybridized carbons (Fsp3) is 0.500. The van der Waals surface area contributed by atoms with Crippen molar-refractivity contribution in [2.24, 2.45) is 0 Å². The summed E-state index contributed by atoms with van der Waals surface area (Å²) in [6, 6.07) is 4.44. The zero-order valence-corrected chi connectivity index (χ0v) is 12.2. The molecule has 0 amide bonds. The molecular weight excluding hydrogens is 257 g/mol. The maximum absolute atomic E-state index is 13.7. The summed E-state index contributed by atoms with van der Waals surface area (Å²) < 4.78 is 28.1. The largest absolute Gasteiger partial charge is 0.598 e. The van der Waals surface area contributed by atoms with E-state index in [4.69, 9.17) is 0 Å². The Morgan fingerprint density at radius 2 is 2.00 bits per heavy atom. The van der Waals surface area contributed by atoms with Crippen LogP contribution in [0.5, 0.6) is 0 Å². The molecular formula is C12H18FNOS2. The van der Waals surface area contributed by atoms with Crippen LogP contribution in [0.3, 0.4) is 0 Å². The molecule has 0 aliphatic carbocycles. The monoisotopic (exact) mass is 275 g/mol. The second-order valence-electron chi connectivity index (χ2n) is 4.93. The molecule has 1 rings (SSSR count). The van der Waals surface area contributed by atoms with Crippen LogP contribution in [0.25, 0.3) is 0 Å². The minimum Gasteiger partial charge on any atom is -0.598 e. The molecule has 1 N–H and O–H groups in total. The highest BCUT2D eigenvalue weighted by Gasteiger charge is 2.28. The van der Waals surface area contributed by atoms with Crippen molar-refractivity contribution < 1.29 is 8.94 Å². The van der Waals surface area contributed by atoms with Gasteiger partial charge in [-0.15, -0.1) is 17.4 Å². The topological polar surface area (TPSA) is 35.1 Å². The molecule has 0 unspecified atom stereocenters. The summed E-state index contributed by atoms with van der Waals surface area (Å²) in [5, 5.41) is 0. The molecule has 0 spiro atoms. The van der Waals surface area contributed by atoms with E-state index in [1.165, 1.54) is 6.07 Å². The third kappa shape index (κ3) is 4.17. The first-order valence-electron chi connectivity index (χ1n) is 5.38. The minimum absolute atomic E-state index is 0.302. The SMILES string of the molecule is C[C@@H](N[S@+]([O-])C(C)(C)C)c1ccc(S)cc1F. The molecule has 1 aromatic carbocycles. The van der Waals surface area contributed by atoms with Crippen LogP contribution in [-0.2, 0) is 11.4 Å². The Kier molecular flexibility index (Phi) is 4.89. The fourth-order valence-corrected chi connectivity index (χ4v) is 2.26. The van der Waals surface area contributed by atoms with Crippen molar-refractivity contribution in [1.82, 2.24) is 4.72 Å². The Morgan fingerprint density at radius 1 is 1.41 bits per heavy atom. The van der Waals surface area contributed by atoms with Crippen molar-refractivity contribution in [1.29, 1.82) is 0 Å². The molecule has 0 saturated heterocycles. The zero-order chi connectivity index (χ0) is 13.2. The van der Waals surface area contributed by atoms with E-state index >= 15 is 0 Å². The van der Waals surface area contributed by atoms with Gasteiger partial charge >= 0.3 is 0 Å². The number of hydrogen-bond donors (Lipinski definition) is 2. The van der Waals surface area contributed by atoms with E-state index in [-0.39, 0.29) is 16.6 Å². The number of hydrogen-bond acceptors (Lipinski definition) is 3. The van der Waals surface area contributed by atoms with Crippen molar-refractivity contribution in [2.75, 3.05) is 0 Å². The van der Waals surface area contributed by atoms with Crippen LogP contribution in [0.2, 0.25) is 0 Å². The zero-order valence-electron chi connectivity index (χ0n) is 10.5. The molecule has 17 heavy (non-hydrogen) atoms. The van der Waals surface area contributed by atoms with Crippen LogP contribution in [0.15, 0.2) is 23.1 Å². The average Bonchev–Trinajstić information content (AvgIpc) is 2.15. The number of thiol groups is 1. The Bertz CT molecular complexity index is 393. The highest BCUT2D eigenvalue weighted by Crippen LogP contribution is 2.23. The van der Waals surface area contributed by atoms with Gasteiger partial charge in [0.1, 0.15) is 10.6 Å². The molecule has 5 heteroatoms. The molecule has 1 aromatic rings. The quantitative estimate of drug-likeness (QED) is 0.656. The van der Waals surface area contributed by atoms with E-state index in [9.17, 15) is 8.94 Å². The summed E-state index contributed by atoms with van der Waals surface area (Å²) in [5.41, 5.74) is 0.500. The van der Waals surface area contributed by atoms with E-state index < -0.39 is 11.4 Å². The Labute approximate surface area is 111 Å². The molecule has 0 fully saturated rings. The molecule has 2 atom stereocenters. The number of rotatable bonds is 3. The van der Waals surface area contributed by atoms with Crippen LogP contribution in [0.4, 0.5) is 4.39 Å². The molecule has 0 radical (unpaired) electrons. The van der Waals surface area contributed by atoms with Crippen LogP contribution in [-0.4, -0.2) is 9.30 Å². The van der Waals surface area contributed by atoms with E-state index in [0.717, 1.165) is 0 Å². The third-order valence-corrected chi connectivity index (χ3v) is 4.25. The fourth-order valence-electron chi connectivity index (χ4n) is 1.27. The molecule has 96 valence electrons. The van der Waals surface area contributed by atoms with Gasteiger partial charge in [0.2, 0.25) is 0 Å². The predicted octanol–water partition coefficient (Wildman–Crippen LogP) is 3.23. The first-order chi connectivity index (χ1) is 7.71. The normalized spacial score (nSPS) is 15.7. The van der Waals surface area contributed by atoms with Crippen molar-refractivity contribution in [3.05, 3.63) is 29.6 Å². The lowest BCUT2D eigenvalue weighted by Gasteiger charge is -2.26. The van der Waals surface area contributed by atoms with Crippen molar-refractivity contribution >= 4 is 24.0 Å². The first kappa shape index (κ1) is 14.8. The van der Waals surface area contributed by atoms with Crippen LogP contribution in [0.1, 0.15) is 39.3 Å². The number of benzene rings is 1. The summed E-state index contributed by atoms with van der Waals surface area (Å²) in [5.74, 6) is -0.330. The smallest absolute Gasteiger partial charge is 0.136 e. The van der Waals surface area contributed by atoms with Gasteiger partial charge in [-0.25, -0.2) is 4.39 Å². The second kappa shape index (κ2) is 5.61. The van der Waals surface area contributed by atoms with Crippen LogP contribution < -0.4 is 4.72 Å². The first-order valence-corrected chi connectivity index (χ1v) is 6.98. The summed E-state index contributed by atoms with van der Waals surface area (Å²) in [4.78, 5) is 0.579. The number of halogens is 1. The molecule has 0 heterocycles. The lowest BCUT2D eigenvalue weighted by atomic mass is 10.1. The molecule has 0 aromatic heterocycles. The maximum Gasteiger partial charge on any atom is 0.136 e. The Balaban J connectivity index is 2.80. The standard InChI is InChI=1S/C12H18FNOS2/c1-8(14-17(15)12(2,3)4)10-6-5-9(16)7-11(10)13/h5-8,14,16H,1-4H3/t8-,17-/m1/s1.